The summed E-state index contributed by atoms with van der Waals surface area (Å²) in [5.41, 5.74) is 1.84. The quantitative estimate of drug-likeness (QED) is 0.605. The summed E-state index contributed by atoms with van der Waals surface area (Å²) in [7, 11) is 4.50. The molecule has 1 amide bonds. The number of nitrogens with zero attached hydrogens (tertiary/aromatic N) is 1. The molecule has 166 valence electrons. The molecule has 1 aromatic heterocycles. The minimum Gasteiger partial charge on any atom is -0.496 e. The zero-order valence-corrected chi connectivity index (χ0v) is 17.6. The Bertz CT molecular complexity index is 1200. The van der Waals surface area contributed by atoms with Crippen LogP contribution in [0, 0.1) is 5.82 Å². The van der Waals surface area contributed by atoms with Gasteiger partial charge in [-0.15, -0.1) is 0 Å². The van der Waals surface area contributed by atoms with Crippen LogP contribution in [0.4, 0.5) is 10.1 Å². The van der Waals surface area contributed by atoms with Gasteiger partial charge in [-0.05, 0) is 30.3 Å². The van der Waals surface area contributed by atoms with Crippen molar-refractivity contribution in [1.29, 1.82) is 0 Å². The standard InChI is InChI=1S/C23H21FN2O6/c1-30-17-10-19(32-3)18(31-2)8-14(17)15-9-20(27)25-21-16(23(28)29)11-26(22(15)21)13-6-4-12(24)5-7-13/h4-8,10-11,15H,9H2,1-3H3,(H,25,27)(H,28,29). The van der Waals surface area contributed by atoms with Gasteiger partial charge in [0.15, 0.2) is 11.5 Å². The zero-order valence-electron chi connectivity index (χ0n) is 17.6. The first-order valence-corrected chi connectivity index (χ1v) is 9.72. The molecule has 1 aliphatic heterocycles. The smallest absolute Gasteiger partial charge is 0.339 e. The third kappa shape index (κ3) is 3.51. The second kappa shape index (κ2) is 8.26. The van der Waals surface area contributed by atoms with Gasteiger partial charge < -0.3 is 29.2 Å². The molecular weight excluding hydrogens is 419 g/mol. The van der Waals surface area contributed by atoms with Crippen LogP contribution in [0.25, 0.3) is 5.69 Å². The fourth-order valence-electron chi connectivity index (χ4n) is 4.03. The van der Waals surface area contributed by atoms with Gasteiger partial charge in [-0.2, -0.15) is 0 Å². The molecule has 0 spiro atoms. The molecule has 2 aromatic carbocycles. The van der Waals surface area contributed by atoms with E-state index in [1.807, 2.05) is 0 Å². The molecule has 1 aliphatic rings. The van der Waals surface area contributed by atoms with Gasteiger partial charge in [-0.1, -0.05) is 0 Å². The summed E-state index contributed by atoms with van der Waals surface area (Å²) in [5, 5.41) is 12.4. The molecule has 8 nitrogen and oxygen atoms in total. The van der Waals surface area contributed by atoms with E-state index in [9.17, 15) is 19.1 Å². The van der Waals surface area contributed by atoms with Crippen LogP contribution in [0.15, 0.2) is 42.6 Å². The number of carbonyl (C=O) groups excluding carboxylic acids is 1. The van der Waals surface area contributed by atoms with Crippen molar-refractivity contribution in [3.8, 4) is 22.9 Å². The number of carbonyl (C=O) groups is 2. The number of methoxy groups -OCH3 is 3. The largest absolute Gasteiger partial charge is 0.496 e. The number of nitrogens with one attached hydrogen (secondary N) is 1. The molecule has 3 aromatic rings. The average molecular weight is 440 g/mol. The van der Waals surface area contributed by atoms with E-state index < -0.39 is 17.7 Å². The predicted molar refractivity (Wildman–Crippen MR) is 114 cm³/mol. The van der Waals surface area contributed by atoms with E-state index in [1.54, 1.807) is 28.8 Å². The number of fused-ring (bicyclic) bond motifs is 1. The minimum atomic E-state index is -1.19. The van der Waals surface area contributed by atoms with Crippen LogP contribution < -0.4 is 19.5 Å². The van der Waals surface area contributed by atoms with E-state index in [2.05, 4.69) is 5.32 Å². The van der Waals surface area contributed by atoms with E-state index in [1.165, 1.54) is 39.7 Å². The van der Waals surface area contributed by atoms with Crippen molar-refractivity contribution < 1.29 is 33.3 Å². The Balaban J connectivity index is 2.00. The first kappa shape index (κ1) is 21.2. The predicted octanol–water partition coefficient (Wildman–Crippen LogP) is 3.81. The Kier molecular flexibility index (Phi) is 5.48. The molecule has 2 N–H and O–H groups in total. The minimum absolute atomic E-state index is 0.0448. The maximum absolute atomic E-state index is 13.5. The summed E-state index contributed by atoms with van der Waals surface area (Å²) in [6, 6.07) is 9.03. The number of anilines is 1. The lowest BCUT2D eigenvalue weighted by atomic mass is 9.87. The first-order valence-electron chi connectivity index (χ1n) is 9.72. The van der Waals surface area contributed by atoms with Crippen molar-refractivity contribution in [2.24, 2.45) is 0 Å². The van der Waals surface area contributed by atoms with Gasteiger partial charge in [0.1, 0.15) is 17.1 Å². The highest BCUT2D eigenvalue weighted by Crippen LogP contribution is 2.47. The maximum Gasteiger partial charge on any atom is 0.339 e. The number of amides is 1. The number of hydrogen-bond donors (Lipinski definition) is 2. The molecule has 0 saturated heterocycles. The van der Waals surface area contributed by atoms with E-state index >= 15 is 0 Å². The highest BCUT2D eigenvalue weighted by atomic mass is 19.1. The Morgan fingerprint density at radius 1 is 1.06 bits per heavy atom. The van der Waals surface area contributed by atoms with Crippen LogP contribution in [0.1, 0.15) is 34.0 Å². The molecule has 0 saturated carbocycles. The number of carboxylic acids is 1. The third-order valence-electron chi connectivity index (χ3n) is 5.47. The second-order valence-corrected chi connectivity index (χ2v) is 7.21. The molecule has 1 unspecified atom stereocenters. The normalized spacial score (nSPS) is 15.0. The van der Waals surface area contributed by atoms with Crippen molar-refractivity contribution in [2.75, 3.05) is 26.6 Å². The Hall–Kier alpha value is -4.01. The fourth-order valence-corrected chi connectivity index (χ4v) is 4.03. The monoisotopic (exact) mass is 440 g/mol. The highest BCUT2D eigenvalue weighted by Gasteiger charge is 2.36. The lowest BCUT2D eigenvalue weighted by molar-refractivity contribution is -0.116. The maximum atomic E-state index is 13.5. The van der Waals surface area contributed by atoms with Crippen LogP contribution >= 0.6 is 0 Å². The number of carboxylic acid groups (broad SMARTS) is 1. The van der Waals surface area contributed by atoms with Crippen LogP contribution in [0.5, 0.6) is 17.2 Å². The molecule has 0 fully saturated rings. The highest BCUT2D eigenvalue weighted by molar-refractivity contribution is 6.04. The number of aromatic nitrogens is 1. The topological polar surface area (TPSA) is 99.0 Å². The van der Waals surface area contributed by atoms with Crippen LogP contribution in [-0.2, 0) is 4.79 Å². The Morgan fingerprint density at radius 3 is 2.28 bits per heavy atom. The lowest BCUT2D eigenvalue weighted by Crippen LogP contribution is -2.26. The van der Waals surface area contributed by atoms with Gasteiger partial charge in [0.05, 0.1) is 32.7 Å². The molecule has 1 atom stereocenters. The summed E-state index contributed by atoms with van der Waals surface area (Å²) in [5.74, 6) is -1.16. The molecule has 0 aliphatic carbocycles. The summed E-state index contributed by atoms with van der Waals surface area (Å²) >= 11 is 0. The van der Waals surface area contributed by atoms with Crippen LogP contribution in [0.2, 0.25) is 0 Å². The number of ether oxygens (including phenoxy) is 3. The molecule has 0 bridgehead atoms. The molecule has 9 heteroatoms. The van der Waals surface area contributed by atoms with E-state index in [-0.39, 0.29) is 23.6 Å². The van der Waals surface area contributed by atoms with Gasteiger partial charge in [0.2, 0.25) is 5.91 Å². The number of rotatable bonds is 6. The number of benzene rings is 2. The van der Waals surface area contributed by atoms with Crippen molar-refractivity contribution in [1.82, 2.24) is 4.57 Å². The molecule has 0 radical (unpaired) electrons. The van der Waals surface area contributed by atoms with E-state index in [0.717, 1.165) is 0 Å². The summed E-state index contributed by atoms with van der Waals surface area (Å²) in [4.78, 5) is 24.5. The van der Waals surface area contributed by atoms with Crippen LogP contribution in [-0.4, -0.2) is 42.9 Å². The SMILES string of the molecule is COc1cc(OC)c(C2CC(=O)Nc3c(C(=O)O)cn(-c4ccc(F)cc4)c32)cc1OC. The fraction of sp³-hybridized carbons (Fsp3) is 0.217. The second-order valence-electron chi connectivity index (χ2n) is 7.21. The number of halogens is 1. The summed E-state index contributed by atoms with van der Waals surface area (Å²) < 4.78 is 31.5. The van der Waals surface area contributed by atoms with Gasteiger partial charge in [-0.3, -0.25) is 4.79 Å². The van der Waals surface area contributed by atoms with E-state index in [4.69, 9.17) is 14.2 Å². The van der Waals surface area contributed by atoms with Gasteiger partial charge >= 0.3 is 5.97 Å². The van der Waals surface area contributed by atoms with Crippen molar-refractivity contribution in [3.63, 3.8) is 0 Å². The molecule has 4 rings (SSSR count). The third-order valence-corrected chi connectivity index (χ3v) is 5.47. The zero-order chi connectivity index (χ0) is 23.0. The molecule has 32 heavy (non-hydrogen) atoms. The average Bonchev–Trinajstić information content (AvgIpc) is 3.17. The van der Waals surface area contributed by atoms with Gasteiger partial charge in [0, 0.05) is 35.9 Å². The van der Waals surface area contributed by atoms with Crippen molar-refractivity contribution in [3.05, 3.63) is 65.2 Å². The first-order chi connectivity index (χ1) is 15.4. The Labute approximate surface area is 183 Å². The lowest BCUT2D eigenvalue weighted by Gasteiger charge is -2.28. The van der Waals surface area contributed by atoms with Crippen LogP contribution in [0.3, 0.4) is 0 Å². The van der Waals surface area contributed by atoms with Crippen molar-refractivity contribution in [2.45, 2.75) is 12.3 Å². The van der Waals surface area contributed by atoms with Gasteiger partial charge in [0.25, 0.3) is 0 Å². The van der Waals surface area contributed by atoms with Crippen molar-refractivity contribution >= 4 is 17.6 Å². The summed E-state index contributed by atoms with van der Waals surface area (Å²) in [6.45, 7) is 0. The molecule has 2 heterocycles. The summed E-state index contributed by atoms with van der Waals surface area (Å²) in [6.07, 6.45) is 1.47. The van der Waals surface area contributed by atoms with E-state index in [0.29, 0.717) is 34.2 Å². The number of aromatic carboxylic acids is 1. The molecular formula is C23H21FN2O6. The number of hydrogen-bond acceptors (Lipinski definition) is 5. The van der Waals surface area contributed by atoms with Gasteiger partial charge in [-0.25, -0.2) is 9.18 Å². The Morgan fingerprint density at radius 2 is 1.69 bits per heavy atom.